The lowest BCUT2D eigenvalue weighted by molar-refractivity contribution is 0.576. The molecule has 0 bridgehead atoms. The van der Waals surface area contributed by atoms with Gasteiger partial charge >= 0.3 is 0 Å². The summed E-state index contributed by atoms with van der Waals surface area (Å²) >= 11 is 5.58. The van der Waals surface area contributed by atoms with Gasteiger partial charge in [-0.05, 0) is 12.5 Å². The summed E-state index contributed by atoms with van der Waals surface area (Å²) in [5.41, 5.74) is 6.16. The van der Waals surface area contributed by atoms with Crippen LogP contribution >= 0.6 is 24.0 Å². The summed E-state index contributed by atoms with van der Waals surface area (Å²) in [6.45, 7) is 1.91. The highest BCUT2D eigenvalue weighted by molar-refractivity contribution is 6.30. The van der Waals surface area contributed by atoms with Gasteiger partial charge in [0, 0.05) is 11.6 Å². The number of rotatable bonds is 2. The summed E-state index contributed by atoms with van der Waals surface area (Å²) in [6.07, 6.45) is 0.706. The summed E-state index contributed by atoms with van der Waals surface area (Å²) < 4.78 is 13.2. The van der Waals surface area contributed by atoms with E-state index in [1.807, 2.05) is 6.92 Å². The normalized spacial score (nSPS) is 12.0. The highest BCUT2D eigenvalue weighted by atomic mass is 35.5. The van der Waals surface area contributed by atoms with Gasteiger partial charge in [-0.25, -0.2) is 4.39 Å². The molecule has 1 rings (SSSR count). The van der Waals surface area contributed by atoms with E-state index in [-0.39, 0.29) is 23.5 Å². The van der Waals surface area contributed by atoms with Gasteiger partial charge in [-0.2, -0.15) is 0 Å². The Bertz CT molecular complexity index is 278. The van der Waals surface area contributed by atoms with Crippen LogP contribution in [0.5, 0.6) is 0 Å². The number of hydrogen-bond donors (Lipinski definition) is 1. The molecule has 0 saturated heterocycles. The lowest BCUT2D eigenvalue weighted by Crippen LogP contribution is -2.10. The van der Waals surface area contributed by atoms with E-state index in [1.54, 1.807) is 12.1 Å². The van der Waals surface area contributed by atoms with Crippen molar-refractivity contribution in [2.75, 3.05) is 0 Å². The number of benzene rings is 1. The Morgan fingerprint density at radius 3 is 2.69 bits per heavy atom. The van der Waals surface area contributed by atoms with Crippen molar-refractivity contribution < 1.29 is 4.39 Å². The maximum atomic E-state index is 13.2. The van der Waals surface area contributed by atoms with E-state index in [9.17, 15) is 4.39 Å². The molecule has 0 unspecified atom stereocenters. The van der Waals surface area contributed by atoms with Crippen molar-refractivity contribution in [3.63, 3.8) is 0 Å². The molecule has 4 heteroatoms. The van der Waals surface area contributed by atoms with Crippen LogP contribution in [0.25, 0.3) is 0 Å². The molecule has 0 heterocycles. The average Bonchev–Trinajstić information content (AvgIpc) is 2.08. The first-order valence-electron chi connectivity index (χ1n) is 3.86. The third-order valence-corrected chi connectivity index (χ3v) is 2.11. The second-order valence-corrected chi connectivity index (χ2v) is 3.06. The molecule has 74 valence electrons. The Morgan fingerprint density at radius 2 is 2.15 bits per heavy atom. The smallest absolute Gasteiger partial charge is 0.146 e. The van der Waals surface area contributed by atoms with Crippen molar-refractivity contribution in [3.8, 4) is 0 Å². The predicted octanol–water partition coefficient (Wildman–Crippen LogP) is 3.31. The molecule has 2 N–H and O–H groups in total. The highest BCUT2D eigenvalue weighted by Crippen LogP contribution is 2.23. The average molecular weight is 224 g/mol. The summed E-state index contributed by atoms with van der Waals surface area (Å²) in [7, 11) is 0. The van der Waals surface area contributed by atoms with Crippen LogP contribution in [0, 0.1) is 5.82 Å². The molecule has 0 radical (unpaired) electrons. The first-order chi connectivity index (χ1) is 5.66. The van der Waals surface area contributed by atoms with Gasteiger partial charge in [0.2, 0.25) is 0 Å². The zero-order chi connectivity index (χ0) is 9.14. The summed E-state index contributed by atoms with van der Waals surface area (Å²) in [4.78, 5) is 0. The fourth-order valence-electron chi connectivity index (χ4n) is 1.03. The van der Waals surface area contributed by atoms with Crippen molar-refractivity contribution in [1.82, 2.24) is 0 Å². The van der Waals surface area contributed by atoms with Crippen molar-refractivity contribution in [2.45, 2.75) is 19.4 Å². The van der Waals surface area contributed by atoms with Crippen LogP contribution in [0.2, 0.25) is 5.02 Å². The van der Waals surface area contributed by atoms with Crippen LogP contribution < -0.4 is 5.73 Å². The van der Waals surface area contributed by atoms with Crippen molar-refractivity contribution in [2.24, 2.45) is 5.73 Å². The molecular weight excluding hydrogens is 212 g/mol. The van der Waals surface area contributed by atoms with Gasteiger partial charge in [-0.3, -0.25) is 0 Å². The number of halogens is 3. The fraction of sp³-hybridized carbons (Fsp3) is 0.333. The van der Waals surface area contributed by atoms with Crippen LogP contribution in [0.3, 0.4) is 0 Å². The van der Waals surface area contributed by atoms with Crippen LogP contribution in [0.1, 0.15) is 24.9 Å². The Kier molecular flexibility index (Phi) is 5.30. The Balaban J connectivity index is 0.00000144. The lowest BCUT2D eigenvalue weighted by Gasteiger charge is -2.10. The molecule has 0 amide bonds. The molecule has 0 aliphatic carbocycles. The molecule has 0 aliphatic heterocycles. The molecule has 1 nitrogen and oxygen atoms in total. The van der Waals surface area contributed by atoms with Crippen molar-refractivity contribution in [1.29, 1.82) is 0 Å². The molecular formula is C9H12Cl2FN. The second-order valence-electron chi connectivity index (χ2n) is 2.66. The Labute approximate surface area is 88.5 Å². The lowest BCUT2D eigenvalue weighted by atomic mass is 10.1. The molecule has 0 aromatic heterocycles. The summed E-state index contributed by atoms with van der Waals surface area (Å²) in [6, 6.07) is 4.62. The SMILES string of the molecule is CC[C@@H](N)c1cccc(Cl)c1F.Cl. The summed E-state index contributed by atoms with van der Waals surface area (Å²) in [5.74, 6) is -0.395. The van der Waals surface area contributed by atoms with Gasteiger partial charge in [0.05, 0.1) is 5.02 Å². The van der Waals surface area contributed by atoms with E-state index in [2.05, 4.69) is 0 Å². The maximum Gasteiger partial charge on any atom is 0.146 e. The largest absolute Gasteiger partial charge is 0.324 e. The second kappa shape index (κ2) is 5.43. The minimum atomic E-state index is -0.395. The van der Waals surface area contributed by atoms with E-state index < -0.39 is 5.82 Å². The van der Waals surface area contributed by atoms with Crippen molar-refractivity contribution in [3.05, 3.63) is 34.6 Å². The highest BCUT2D eigenvalue weighted by Gasteiger charge is 2.11. The van der Waals surface area contributed by atoms with E-state index in [0.29, 0.717) is 12.0 Å². The van der Waals surface area contributed by atoms with Gasteiger partial charge in [0.1, 0.15) is 5.82 Å². The monoisotopic (exact) mass is 223 g/mol. The third kappa shape index (κ3) is 2.83. The molecule has 0 spiro atoms. The molecule has 13 heavy (non-hydrogen) atoms. The van der Waals surface area contributed by atoms with Crippen LogP contribution in [-0.4, -0.2) is 0 Å². The zero-order valence-electron chi connectivity index (χ0n) is 7.26. The fourth-order valence-corrected chi connectivity index (χ4v) is 1.21. The number of hydrogen-bond acceptors (Lipinski definition) is 1. The molecule has 0 aliphatic rings. The minimum absolute atomic E-state index is 0. The first kappa shape index (κ1) is 12.7. The van der Waals surface area contributed by atoms with Crippen LogP contribution in [0.15, 0.2) is 18.2 Å². The Hall–Kier alpha value is -0.310. The molecule has 0 saturated carbocycles. The standard InChI is InChI=1S/C9H11ClFN.ClH/c1-2-8(12)6-4-3-5-7(10)9(6)11;/h3-5,8H,2,12H2,1H3;1H/t8-;/m1./s1. The first-order valence-corrected chi connectivity index (χ1v) is 4.24. The van der Waals surface area contributed by atoms with Gasteiger partial charge in [-0.1, -0.05) is 30.7 Å². The molecule has 1 atom stereocenters. The van der Waals surface area contributed by atoms with E-state index in [4.69, 9.17) is 17.3 Å². The van der Waals surface area contributed by atoms with E-state index in [0.717, 1.165) is 0 Å². The molecule has 0 fully saturated rings. The third-order valence-electron chi connectivity index (χ3n) is 1.82. The van der Waals surface area contributed by atoms with E-state index in [1.165, 1.54) is 6.07 Å². The van der Waals surface area contributed by atoms with Gasteiger partial charge in [-0.15, -0.1) is 12.4 Å². The number of nitrogens with two attached hydrogens (primary N) is 1. The van der Waals surface area contributed by atoms with Crippen LogP contribution in [-0.2, 0) is 0 Å². The topological polar surface area (TPSA) is 26.0 Å². The van der Waals surface area contributed by atoms with Gasteiger partial charge < -0.3 is 5.73 Å². The van der Waals surface area contributed by atoms with E-state index >= 15 is 0 Å². The quantitative estimate of drug-likeness (QED) is 0.819. The minimum Gasteiger partial charge on any atom is -0.324 e. The zero-order valence-corrected chi connectivity index (χ0v) is 8.83. The summed E-state index contributed by atoms with van der Waals surface area (Å²) in [5, 5.41) is 0.136. The maximum absolute atomic E-state index is 13.2. The van der Waals surface area contributed by atoms with Crippen LogP contribution in [0.4, 0.5) is 4.39 Å². The Morgan fingerprint density at radius 1 is 1.54 bits per heavy atom. The van der Waals surface area contributed by atoms with Gasteiger partial charge in [0.25, 0.3) is 0 Å². The predicted molar refractivity (Wildman–Crippen MR) is 55.9 cm³/mol. The molecule has 1 aromatic rings. The molecule has 1 aromatic carbocycles. The van der Waals surface area contributed by atoms with Gasteiger partial charge in [0.15, 0.2) is 0 Å². The van der Waals surface area contributed by atoms with Crippen molar-refractivity contribution >= 4 is 24.0 Å².